The topological polar surface area (TPSA) is 210 Å². The highest BCUT2D eigenvalue weighted by Gasteiger charge is 2.36. The molecule has 3 aromatic rings. The van der Waals surface area contributed by atoms with E-state index in [1.54, 1.807) is 19.9 Å². The van der Waals surface area contributed by atoms with Crippen LogP contribution in [0.1, 0.15) is 25.3 Å². The Hall–Kier alpha value is -4.96. The predicted molar refractivity (Wildman–Crippen MR) is 151 cm³/mol. The molecule has 1 aliphatic heterocycles. The number of allylic oxidation sites excluding steroid dienone is 2. The fourth-order valence-corrected chi connectivity index (χ4v) is 4.49. The fourth-order valence-electron chi connectivity index (χ4n) is 4.49. The second-order valence-electron chi connectivity index (χ2n) is 9.05. The molecule has 1 atom stereocenters. The van der Waals surface area contributed by atoms with Crippen molar-refractivity contribution in [2.24, 2.45) is 0 Å². The molecule has 0 fully saturated rings. The number of benzene rings is 3. The minimum absolute atomic E-state index is 0.0577. The maximum Gasteiger partial charge on any atom is 0.254 e. The monoisotopic (exact) mass is 561 g/mol. The van der Waals surface area contributed by atoms with Gasteiger partial charge in [-0.2, -0.15) is 0 Å². The maximum atomic E-state index is 13.7. The number of rotatable bonds is 8. The lowest BCUT2D eigenvalue weighted by Crippen LogP contribution is -2.35. The van der Waals surface area contributed by atoms with Crippen molar-refractivity contribution >= 4 is 40.3 Å². The number of hydrogen-bond donors (Lipinski definition) is 6. The van der Waals surface area contributed by atoms with E-state index >= 15 is 0 Å². The van der Waals surface area contributed by atoms with Crippen LogP contribution in [0.5, 0.6) is 0 Å². The van der Waals surface area contributed by atoms with Crippen LogP contribution in [0.25, 0.3) is 0 Å². The molecule has 0 spiro atoms. The number of carbonyl (C=O) groups excluding carboxylic acids is 2. The number of dihydropyridines is 1. The van der Waals surface area contributed by atoms with Gasteiger partial charge in [-0.1, -0.05) is 12.1 Å². The van der Waals surface area contributed by atoms with E-state index in [2.05, 4.69) is 16.0 Å². The molecule has 2 amide bonds. The number of hydrogen-bond acceptors (Lipinski definition) is 12. The van der Waals surface area contributed by atoms with E-state index in [1.165, 1.54) is 66.7 Å². The molecule has 1 unspecified atom stereocenters. The van der Waals surface area contributed by atoms with E-state index in [-0.39, 0.29) is 44.3 Å². The molecule has 6 N–H and O–H groups in total. The highest BCUT2D eigenvalue weighted by Crippen LogP contribution is 2.40. The first kappa shape index (κ1) is 29.0. The molecule has 0 saturated carbocycles. The van der Waals surface area contributed by atoms with Gasteiger partial charge >= 0.3 is 0 Å². The molecule has 0 bridgehead atoms. The summed E-state index contributed by atoms with van der Waals surface area (Å²) in [6.45, 7) is 3.28. The Kier molecular flexibility index (Phi) is 8.53. The van der Waals surface area contributed by atoms with Crippen LogP contribution >= 0.6 is 0 Å². The molecule has 214 valence electrons. The third kappa shape index (κ3) is 6.44. The van der Waals surface area contributed by atoms with Gasteiger partial charge in [0.05, 0.1) is 11.4 Å². The normalized spacial score (nSPS) is 14.8. The Morgan fingerprint density at radius 3 is 1.66 bits per heavy atom. The van der Waals surface area contributed by atoms with Crippen molar-refractivity contribution in [1.82, 2.24) is 5.32 Å². The van der Waals surface area contributed by atoms with E-state index in [0.717, 1.165) is 0 Å². The number of nitrogens with one attached hydrogen (secondary N) is 3. The first-order chi connectivity index (χ1) is 19.5. The van der Waals surface area contributed by atoms with Crippen molar-refractivity contribution < 1.29 is 25.2 Å². The molecule has 0 aliphatic carbocycles. The van der Waals surface area contributed by atoms with E-state index in [9.17, 15) is 40.8 Å². The second kappa shape index (κ2) is 12.1. The smallest absolute Gasteiger partial charge is 0.254 e. The zero-order valence-electron chi connectivity index (χ0n) is 21.7. The fraction of sp³-hybridized carbons (Fsp3) is 0.111. The minimum Gasteiger partial charge on any atom is -0.769 e. The minimum atomic E-state index is -1.01. The van der Waals surface area contributed by atoms with Crippen LogP contribution in [0.3, 0.4) is 0 Å². The molecule has 0 aromatic heterocycles. The number of amides is 2. The lowest BCUT2D eigenvalue weighted by Gasteiger charge is -2.37. The van der Waals surface area contributed by atoms with Crippen LogP contribution in [0.15, 0.2) is 95.3 Å². The molecule has 41 heavy (non-hydrogen) atoms. The number of anilines is 5. The van der Waals surface area contributed by atoms with Gasteiger partial charge in [0.2, 0.25) is 0 Å². The number of nitrogens with zero attached hydrogens (tertiary/aromatic N) is 3. The van der Waals surface area contributed by atoms with Gasteiger partial charge in [-0.25, -0.2) is 0 Å². The predicted octanol–water partition coefficient (Wildman–Crippen LogP) is 4.28. The van der Waals surface area contributed by atoms with E-state index in [0.29, 0.717) is 22.6 Å². The van der Waals surface area contributed by atoms with Gasteiger partial charge in [0.15, 0.2) is 0 Å². The first-order valence-electron chi connectivity index (χ1n) is 12.1. The quantitative estimate of drug-likeness (QED) is 0.213. The number of carbonyl (C=O) groups is 2. The summed E-state index contributed by atoms with van der Waals surface area (Å²) in [6.07, 6.45) is 0. The zero-order chi connectivity index (χ0) is 29.8. The second-order valence-corrected chi connectivity index (χ2v) is 9.05. The highest BCUT2D eigenvalue weighted by atomic mass is 16.8. The largest absolute Gasteiger partial charge is 0.769 e. The van der Waals surface area contributed by atoms with Gasteiger partial charge in [-0.05, 0) is 80.1 Å². The molecule has 4 rings (SSSR count). The van der Waals surface area contributed by atoms with Crippen molar-refractivity contribution in [3.05, 3.63) is 117 Å². The van der Waals surface area contributed by atoms with Gasteiger partial charge in [0.1, 0.15) is 0 Å². The van der Waals surface area contributed by atoms with Crippen LogP contribution in [0.4, 0.5) is 28.4 Å². The molecular formula is C27H25N6O8-3. The SMILES string of the molecule is CC1=C(C(=O)Nc2ccc(N([O-])[O-])cc2)C(c2cccc(N([O-])O)c2)C(C(=O)Nc2ccc(N(O)O)cc2)=C(C)N1. The van der Waals surface area contributed by atoms with Crippen LogP contribution in [-0.4, -0.2) is 27.4 Å². The molecule has 0 radical (unpaired) electrons. The van der Waals surface area contributed by atoms with Crippen molar-refractivity contribution in [2.75, 3.05) is 26.3 Å². The molecule has 0 saturated heterocycles. The van der Waals surface area contributed by atoms with Crippen LogP contribution < -0.4 is 31.6 Å². The summed E-state index contributed by atoms with van der Waals surface area (Å²) in [7, 11) is 0. The van der Waals surface area contributed by atoms with Gasteiger partial charge < -0.3 is 42.0 Å². The van der Waals surface area contributed by atoms with Crippen LogP contribution in [0.2, 0.25) is 0 Å². The molecule has 14 heteroatoms. The third-order valence-electron chi connectivity index (χ3n) is 6.37. The van der Waals surface area contributed by atoms with Crippen molar-refractivity contribution in [3.8, 4) is 0 Å². The molecular weight excluding hydrogens is 536 g/mol. The summed E-state index contributed by atoms with van der Waals surface area (Å²) in [5.74, 6) is -2.23. The van der Waals surface area contributed by atoms with E-state index in [1.807, 2.05) is 0 Å². The van der Waals surface area contributed by atoms with Crippen LogP contribution in [-0.2, 0) is 9.59 Å². The average molecular weight is 562 g/mol. The van der Waals surface area contributed by atoms with E-state index < -0.39 is 23.0 Å². The summed E-state index contributed by atoms with van der Waals surface area (Å²) in [5.41, 5.74) is 1.79. The zero-order valence-corrected chi connectivity index (χ0v) is 21.7. The molecule has 14 nitrogen and oxygen atoms in total. The Labute approximate surface area is 233 Å². The Bertz CT molecular complexity index is 1410. The van der Waals surface area contributed by atoms with Gasteiger partial charge in [-0.15, -0.1) is 5.23 Å². The summed E-state index contributed by atoms with van der Waals surface area (Å²) >= 11 is 0. The first-order valence-corrected chi connectivity index (χ1v) is 12.1. The van der Waals surface area contributed by atoms with Crippen molar-refractivity contribution in [3.63, 3.8) is 0 Å². The van der Waals surface area contributed by atoms with Crippen molar-refractivity contribution in [1.29, 1.82) is 0 Å². The Morgan fingerprint density at radius 1 is 0.732 bits per heavy atom. The lowest BCUT2D eigenvalue weighted by molar-refractivity contribution is -0.113. The third-order valence-corrected chi connectivity index (χ3v) is 6.37. The summed E-state index contributed by atoms with van der Waals surface area (Å²) in [5, 5.41) is 69.0. The molecule has 1 aliphatic rings. The summed E-state index contributed by atoms with van der Waals surface area (Å²) < 4.78 is 0. The highest BCUT2D eigenvalue weighted by molar-refractivity contribution is 6.12. The van der Waals surface area contributed by atoms with Crippen LogP contribution in [0, 0.1) is 15.6 Å². The maximum absolute atomic E-state index is 13.7. The average Bonchev–Trinajstić information content (AvgIpc) is 2.93. The van der Waals surface area contributed by atoms with Gasteiger partial charge in [-0.3, -0.25) is 25.2 Å². The van der Waals surface area contributed by atoms with Gasteiger partial charge in [0.25, 0.3) is 11.8 Å². The summed E-state index contributed by atoms with van der Waals surface area (Å²) in [6, 6.07) is 16.6. The Balaban J connectivity index is 1.74. The standard InChI is InChI=1S/C27H25N6O8/c1-15-23(26(34)29-18-6-10-20(11-7-18)31(36)37)25(17-4-3-5-22(14-17)33(40)41)24(16(2)28-15)27(35)30-19-8-12-21(13-9-19)32(38)39/h3-14,25,28,36-37,40H,1-2H3,(H,29,34)(H,30,35)/q-3. The molecule has 1 heterocycles. The summed E-state index contributed by atoms with van der Waals surface area (Å²) in [4.78, 5) is 27.3. The Morgan fingerprint density at radius 2 is 1.22 bits per heavy atom. The van der Waals surface area contributed by atoms with Crippen molar-refractivity contribution in [2.45, 2.75) is 19.8 Å². The van der Waals surface area contributed by atoms with E-state index in [4.69, 9.17) is 0 Å². The lowest BCUT2D eigenvalue weighted by atomic mass is 9.79. The van der Waals surface area contributed by atoms with Gasteiger partial charge in [0, 0.05) is 45.5 Å². The molecule has 3 aromatic carbocycles.